The Morgan fingerprint density at radius 1 is 0.885 bits per heavy atom. The summed E-state index contributed by atoms with van der Waals surface area (Å²) in [5.41, 5.74) is 2.82. The van der Waals surface area contributed by atoms with E-state index in [1.807, 2.05) is 66.5 Å². The van der Waals surface area contributed by atoms with E-state index in [0.29, 0.717) is 5.82 Å². The largest absolute Gasteiger partial charge is 0.313 e. The summed E-state index contributed by atoms with van der Waals surface area (Å²) in [6.07, 6.45) is 1.73. The number of fused-ring (bicyclic) bond motifs is 1. The predicted molar refractivity (Wildman–Crippen MR) is 102 cm³/mol. The Kier molecular flexibility index (Phi) is 4.00. The first-order chi connectivity index (χ1) is 12.8. The van der Waals surface area contributed by atoms with Crippen LogP contribution in [-0.2, 0) is 0 Å². The normalized spacial score (nSPS) is 10.5. The summed E-state index contributed by atoms with van der Waals surface area (Å²) in [7, 11) is 1.90. The van der Waals surface area contributed by atoms with Crippen molar-refractivity contribution in [2.75, 3.05) is 11.9 Å². The Bertz CT molecular complexity index is 1100. The third kappa shape index (κ3) is 2.74. The standard InChI is InChI=1S/C21H15N5/c1-26(19-12-5-6-13-23-19)21-20-16(15-8-3-2-4-9-15)10-7-11-17(20)24-18(14-22)25-21/h2-13H,1H3. The average Bonchev–Trinajstić information content (AvgIpc) is 2.73. The summed E-state index contributed by atoms with van der Waals surface area (Å²) in [5.74, 6) is 1.55. The smallest absolute Gasteiger partial charge is 0.234 e. The molecule has 0 saturated heterocycles. The second-order valence-electron chi connectivity index (χ2n) is 5.80. The van der Waals surface area contributed by atoms with Gasteiger partial charge in [-0.2, -0.15) is 5.26 Å². The van der Waals surface area contributed by atoms with E-state index in [9.17, 15) is 5.26 Å². The van der Waals surface area contributed by atoms with Gasteiger partial charge in [0, 0.05) is 13.2 Å². The lowest BCUT2D eigenvalue weighted by molar-refractivity contribution is 1.05. The van der Waals surface area contributed by atoms with Crippen LogP contribution in [0.5, 0.6) is 0 Å². The fraction of sp³-hybridized carbons (Fsp3) is 0.0476. The number of aromatic nitrogens is 3. The first-order valence-electron chi connectivity index (χ1n) is 8.19. The van der Waals surface area contributed by atoms with Crippen molar-refractivity contribution in [3.8, 4) is 17.2 Å². The van der Waals surface area contributed by atoms with Crippen molar-refractivity contribution in [1.82, 2.24) is 15.0 Å². The van der Waals surface area contributed by atoms with E-state index in [-0.39, 0.29) is 5.82 Å². The number of nitriles is 1. The van der Waals surface area contributed by atoms with Crippen LogP contribution < -0.4 is 4.90 Å². The molecule has 0 saturated carbocycles. The maximum atomic E-state index is 9.35. The van der Waals surface area contributed by atoms with Crippen molar-refractivity contribution in [2.45, 2.75) is 0 Å². The number of nitrogens with zero attached hydrogens (tertiary/aromatic N) is 5. The van der Waals surface area contributed by atoms with E-state index in [4.69, 9.17) is 0 Å². The van der Waals surface area contributed by atoms with Gasteiger partial charge in [0.2, 0.25) is 5.82 Å². The molecule has 4 rings (SSSR count). The van der Waals surface area contributed by atoms with E-state index in [1.165, 1.54) is 0 Å². The predicted octanol–water partition coefficient (Wildman–Crippen LogP) is 4.33. The van der Waals surface area contributed by atoms with Crippen molar-refractivity contribution >= 4 is 22.5 Å². The van der Waals surface area contributed by atoms with Crippen LogP contribution >= 0.6 is 0 Å². The fourth-order valence-electron chi connectivity index (χ4n) is 2.98. The molecule has 0 aliphatic heterocycles. The molecule has 2 heterocycles. The van der Waals surface area contributed by atoms with Crippen LogP contribution in [0.4, 0.5) is 11.6 Å². The lowest BCUT2D eigenvalue weighted by Crippen LogP contribution is -2.14. The van der Waals surface area contributed by atoms with Crippen LogP contribution in [0, 0.1) is 11.3 Å². The highest BCUT2D eigenvalue weighted by Gasteiger charge is 2.17. The van der Waals surface area contributed by atoms with Gasteiger partial charge in [-0.15, -0.1) is 0 Å². The Labute approximate surface area is 151 Å². The zero-order valence-corrected chi connectivity index (χ0v) is 14.2. The van der Waals surface area contributed by atoms with E-state index in [0.717, 1.165) is 27.8 Å². The summed E-state index contributed by atoms with van der Waals surface area (Å²) < 4.78 is 0. The minimum absolute atomic E-state index is 0.139. The molecule has 0 bridgehead atoms. The highest BCUT2D eigenvalue weighted by atomic mass is 15.2. The molecule has 124 valence electrons. The third-order valence-corrected chi connectivity index (χ3v) is 4.20. The highest BCUT2D eigenvalue weighted by Crippen LogP contribution is 2.35. The van der Waals surface area contributed by atoms with Gasteiger partial charge in [0.15, 0.2) is 0 Å². The van der Waals surface area contributed by atoms with Crippen molar-refractivity contribution < 1.29 is 0 Å². The Morgan fingerprint density at radius 3 is 2.42 bits per heavy atom. The van der Waals surface area contributed by atoms with Gasteiger partial charge >= 0.3 is 0 Å². The second kappa shape index (κ2) is 6.61. The lowest BCUT2D eigenvalue weighted by Gasteiger charge is -2.20. The van der Waals surface area contributed by atoms with Gasteiger partial charge in [0.1, 0.15) is 17.7 Å². The molecule has 0 aliphatic carbocycles. The molecule has 0 fully saturated rings. The van der Waals surface area contributed by atoms with Crippen LogP contribution in [-0.4, -0.2) is 22.0 Å². The number of rotatable bonds is 3. The maximum absolute atomic E-state index is 9.35. The van der Waals surface area contributed by atoms with Crippen LogP contribution in [0.2, 0.25) is 0 Å². The Morgan fingerprint density at radius 2 is 1.69 bits per heavy atom. The summed E-state index contributed by atoms with van der Waals surface area (Å²) in [4.78, 5) is 15.2. The zero-order valence-electron chi connectivity index (χ0n) is 14.2. The minimum atomic E-state index is 0.139. The van der Waals surface area contributed by atoms with Gasteiger partial charge < -0.3 is 4.90 Å². The first kappa shape index (κ1) is 15.7. The highest BCUT2D eigenvalue weighted by molar-refractivity contribution is 6.03. The molecular formula is C21H15N5. The van der Waals surface area contributed by atoms with Gasteiger partial charge in [0.25, 0.3) is 0 Å². The first-order valence-corrected chi connectivity index (χ1v) is 8.19. The van der Waals surface area contributed by atoms with Crippen molar-refractivity contribution in [1.29, 1.82) is 5.26 Å². The van der Waals surface area contributed by atoms with Crippen LogP contribution in [0.25, 0.3) is 22.0 Å². The molecule has 0 spiro atoms. The molecule has 5 nitrogen and oxygen atoms in total. The van der Waals surface area contributed by atoms with E-state index in [2.05, 4.69) is 33.2 Å². The van der Waals surface area contributed by atoms with Gasteiger partial charge in [0.05, 0.1) is 10.9 Å². The van der Waals surface area contributed by atoms with Crippen LogP contribution in [0.15, 0.2) is 72.9 Å². The van der Waals surface area contributed by atoms with Gasteiger partial charge in [-0.1, -0.05) is 48.5 Å². The molecule has 0 atom stereocenters. The topological polar surface area (TPSA) is 65.7 Å². The Hall–Kier alpha value is -3.78. The number of hydrogen-bond donors (Lipinski definition) is 0. The summed E-state index contributed by atoms with van der Waals surface area (Å²) in [5, 5.41) is 10.2. The summed E-state index contributed by atoms with van der Waals surface area (Å²) >= 11 is 0. The molecule has 5 heteroatoms. The van der Waals surface area contributed by atoms with E-state index < -0.39 is 0 Å². The molecule has 2 aromatic heterocycles. The molecule has 0 unspecified atom stereocenters. The van der Waals surface area contributed by atoms with E-state index in [1.54, 1.807) is 6.20 Å². The quantitative estimate of drug-likeness (QED) is 0.556. The number of anilines is 2. The number of hydrogen-bond acceptors (Lipinski definition) is 5. The minimum Gasteiger partial charge on any atom is -0.313 e. The van der Waals surface area contributed by atoms with Crippen LogP contribution in [0.3, 0.4) is 0 Å². The van der Waals surface area contributed by atoms with Crippen molar-refractivity contribution in [3.63, 3.8) is 0 Å². The molecule has 26 heavy (non-hydrogen) atoms. The molecule has 0 amide bonds. The molecule has 0 N–H and O–H groups in total. The fourth-order valence-corrected chi connectivity index (χ4v) is 2.98. The van der Waals surface area contributed by atoms with Gasteiger partial charge in [-0.25, -0.2) is 15.0 Å². The van der Waals surface area contributed by atoms with E-state index >= 15 is 0 Å². The third-order valence-electron chi connectivity index (χ3n) is 4.20. The Balaban J connectivity index is 2.03. The SMILES string of the molecule is CN(c1ccccn1)c1nc(C#N)nc2cccc(-c3ccccc3)c12. The molecule has 4 aromatic rings. The number of pyridine rings is 1. The zero-order chi connectivity index (χ0) is 17.9. The van der Waals surface area contributed by atoms with Crippen molar-refractivity contribution in [2.24, 2.45) is 0 Å². The summed E-state index contributed by atoms with van der Waals surface area (Å²) in [6, 6.07) is 23.7. The van der Waals surface area contributed by atoms with Gasteiger partial charge in [-0.05, 0) is 29.3 Å². The maximum Gasteiger partial charge on any atom is 0.234 e. The summed E-state index contributed by atoms with van der Waals surface area (Å²) in [6.45, 7) is 0. The second-order valence-corrected chi connectivity index (χ2v) is 5.80. The molecule has 2 aromatic carbocycles. The molecular weight excluding hydrogens is 322 g/mol. The average molecular weight is 337 g/mol. The lowest BCUT2D eigenvalue weighted by atomic mass is 10.0. The van der Waals surface area contributed by atoms with Crippen molar-refractivity contribution in [3.05, 3.63) is 78.8 Å². The molecule has 0 radical (unpaired) electrons. The van der Waals surface area contributed by atoms with Gasteiger partial charge in [-0.3, -0.25) is 0 Å². The van der Waals surface area contributed by atoms with Crippen LogP contribution in [0.1, 0.15) is 5.82 Å². The molecule has 0 aliphatic rings. The monoisotopic (exact) mass is 337 g/mol. The number of benzene rings is 2.